The van der Waals surface area contributed by atoms with Crippen LogP contribution >= 0.6 is 0 Å². The summed E-state index contributed by atoms with van der Waals surface area (Å²) in [5.41, 5.74) is 1.17. The van der Waals surface area contributed by atoms with E-state index in [0.29, 0.717) is 6.54 Å². The van der Waals surface area contributed by atoms with Gasteiger partial charge in [-0.15, -0.1) is 0 Å². The van der Waals surface area contributed by atoms with E-state index in [0.717, 1.165) is 19.3 Å². The standard InChI is InChI=1S/C14H17N3O2S/c18-20(19,14-10-15-16-11-14)17-8-4-7-13(17)9-12-5-2-1-3-6-12/h1-3,5-6,10-11,13H,4,7-9H2,(H,15,16). The molecule has 1 atom stereocenters. The third-order valence-electron chi connectivity index (χ3n) is 3.72. The van der Waals surface area contributed by atoms with Gasteiger partial charge in [-0.05, 0) is 24.8 Å². The van der Waals surface area contributed by atoms with Crippen LogP contribution in [0.2, 0.25) is 0 Å². The molecule has 6 heteroatoms. The molecule has 1 aromatic heterocycles. The van der Waals surface area contributed by atoms with Gasteiger partial charge in [0.2, 0.25) is 10.0 Å². The van der Waals surface area contributed by atoms with E-state index >= 15 is 0 Å². The molecule has 0 spiro atoms. The van der Waals surface area contributed by atoms with Gasteiger partial charge in [0.05, 0.1) is 6.20 Å². The summed E-state index contributed by atoms with van der Waals surface area (Å²) >= 11 is 0. The van der Waals surface area contributed by atoms with Crippen LogP contribution in [0.25, 0.3) is 0 Å². The van der Waals surface area contributed by atoms with Gasteiger partial charge in [-0.2, -0.15) is 9.40 Å². The lowest BCUT2D eigenvalue weighted by Gasteiger charge is -2.23. The highest BCUT2D eigenvalue weighted by molar-refractivity contribution is 7.89. The molecule has 0 saturated carbocycles. The minimum Gasteiger partial charge on any atom is -0.284 e. The van der Waals surface area contributed by atoms with Crippen LogP contribution in [0.1, 0.15) is 18.4 Å². The normalized spacial score (nSPS) is 20.3. The SMILES string of the molecule is O=S(=O)(c1cn[nH]c1)N1CCCC1Cc1ccccc1. The van der Waals surface area contributed by atoms with E-state index in [-0.39, 0.29) is 10.9 Å². The molecule has 3 rings (SSSR count). The lowest BCUT2D eigenvalue weighted by Crippen LogP contribution is -2.36. The summed E-state index contributed by atoms with van der Waals surface area (Å²) in [6.07, 6.45) is 5.39. The Labute approximate surface area is 118 Å². The molecule has 2 aromatic rings. The van der Waals surface area contributed by atoms with Gasteiger partial charge in [-0.3, -0.25) is 5.10 Å². The Bertz CT molecular complexity index is 653. The van der Waals surface area contributed by atoms with Crippen molar-refractivity contribution in [2.24, 2.45) is 0 Å². The first kappa shape index (κ1) is 13.3. The van der Waals surface area contributed by atoms with Gasteiger partial charge >= 0.3 is 0 Å². The maximum Gasteiger partial charge on any atom is 0.246 e. The maximum absolute atomic E-state index is 12.6. The summed E-state index contributed by atoms with van der Waals surface area (Å²) in [7, 11) is -3.43. The summed E-state index contributed by atoms with van der Waals surface area (Å²) in [5, 5.41) is 6.31. The van der Waals surface area contributed by atoms with Crippen LogP contribution in [0.4, 0.5) is 0 Å². The fraction of sp³-hybridized carbons (Fsp3) is 0.357. The van der Waals surface area contributed by atoms with Crippen molar-refractivity contribution in [1.82, 2.24) is 14.5 Å². The molecule has 1 aliphatic heterocycles. The largest absolute Gasteiger partial charge is 0.284 e. The van der Waals surface area contributed by atoms with Gasteiger partial charge < -0.3 is 0 Å². The third kappa shape index (κ3) is 2.48. The van der Waals surface area contributed by atoms with E-state index in [9.17, 15) is 8.42 Å². The van der Waals surface area contributed by atoms with Crippen LogP contribution in [0.3, 0.4) is 0 Å². The number of nitrogens with zero attached hydrogens (tertiary/aromatic N) is 2. The molecule has 5 nitrogen and oxygen atoms in total. The van der Waals surface area contributed by atoms with Crippen LogP contribution in [-0.2, 0) is 16.4 Å². The predicted octanol–water partition coefficient (Wildman–Crippen LogP) is 1.81. The minimum absolute atomic E-state index is 0.0392. The summed E-state index contributed by atoms with van der Waals surface area (Å²) < 4.78 is 26.7. The lowest BCUT2D eigenvalue weighted by atomic mass is 10.1. The molecule has 1 unspecified atom stereocenters. The summed E-state index contributed by atoms with van der Waals surface area (Å²) in [6.45, 7) is 0.588. The van der Waals surface area contributed by atoms with Gasteiger partial charge in [-0.1, -0.05) is 30.3 Å². The number of rotatable bonds is 4. The van der Waals surface area contributed by atoms with Gasteiger partial charge in [0.25, 0.3) is 0 Å². The van der Waals surface area contributed by atoms with Gasteiger partial charge in [-0.25, -0.2) is 8.42 Å². The second-order valence-corrected chi connectivity index (χ2v) is 6.93. The van der Waals surface area contributed by atoms with E-state index in [2.05, 4.69) is 10.2 Å². The van der Waals surface area contributed by atoms with E-state index in [1.165, 1.54) is 18.0 Å². The van der Waals surface area contributed by atoms with Crippen molar-refractivity contribution in [3.63, 3.8) is 0 Å². The molecule has 20 heavy (non-hydrogen) atoms. The molecular formula is C14H17N3O2S. The monoisotopic (exact) mass is 291 g/mol. The number of hydrogen-bond donors (Lipinski definition) is 1. The number of aromatic nitrogens is 2. The highest BCUT2D eigenvalue weighted by Crippen LogP contribution is 2.27. The Kier molecular flexibility index (Phi) is 3.58. The Hall–Kier alpha value is -1.66. The molecule has 1 N–H and O–H groups in total. The fourth-order valence-electron chi connectivity index (χ4n) is 2.73. The van der Waals surface area contributed by atoms with Gasteiger partial charge in [0.15, 0.2) is 0 Å². The Morgan fingerprint density at radius 3 is 2.80 bits per heavy atom. The minimum atomic E-state index is -3.43. The van der Waals surface area contributed by atoms with Crippen molar-refractivity contribution in [2.45, 2.75) is 30.2 Å². The number of aromatic amines is 1. The maximum atomic E-state index is 12.6. The van der Waals surface area contributed by atoms with Crippen molar-refractivity contribution >= 4 is 10.0 Å². The van der Waals surface area contributed by atoms with Crippen LogP contribution < -0.4 is 0 Å². The fourth-order valence-corrected chi connectivity index (χ4v) is 4.33. The zero-order chi connectivity index (χ0) is 14.0. The molecule has 1 saturated heterocycles. The zero-order valence-electron chi connectivity index (χ0n) is 11.1. The summed E-state index contributed by atoms with van der Waals surface area (Å²) in [6, 6.07) is 10.1. The Balaban J connectivity index is 1.83. The van der Waals surface area contributed by atoms with Crippen molar-refractivity contribution in [3.8, 4) is 0 Å². The average molecular weight is 291 g/mol. The number of sulfonamides is 1. The first-order valence-corrected chi connectivity index (χ1v) is 8.16. The van der Waals surface area contributed by atoms with Crippen molar-refractivity contribution < 1.29 is 8.42 Å². The highest BCUT2D eigenvalue weighted by atomic mass is 32.2. The van der Waals surface area contributed by atoms with E-state index < -0.39 is 10.0 Å². The molecule has 2 heterocycles. The van der Waals surface area contributed by atoms with E-state index in [4.69, 9.17) is 0 Å². The predicted molar refractivity (Wildman–Crippen MR) is 75.6 cm³/mol. The molecule has 106 valence electrons. The van der Waals surface area contributed by atoms with Crippen molar-refractivity contribution in [1.29, 1.82) is 0 Å². The molecule has 1 fully saturated rings. The van der Waals surface area contributed by atoms with Crippen LogP contribution in [0.5, 0.6) is 0 Å². The lowest BCUT2D eigenvalue weighted by molar-refractivity contribution is 0.385. The van der Waals surface area contributed by atoms with Crippen molar-refractivity contribution in [2.75, 3.05) is 6.54 Å². The van der Waals surface area contributed by atoms with E-state index in [1.54, 1.807) is 4.31 Å². The molecule has 1 aliphatic rings. The number of H-pyrrole nitrogens is 1. The summed E-state index contributed by atoms with van der Waals surface area (Å²) in [5.74, 6) is 0. The second-order valence-electron chi connectivity index (χ2n) is 5.04. The summed E-state index contributed by atoms with van der Waals surface area (Å²) in [4.78, 5) is 0.248. The van der Waals surface area contributed by atoms with Gasteiger partial charge in [0.1, 0.15) is 4.90 Å². The molecule has 0 bridgehead atoms. The molecule has 0 radical (unpaired) electrons. The number of nitrogens with one attached hydrogen (secondary N) is 1. The average Bonchev–Trinajstić information content (AvgIpc) is 3.11. The molecule has 0 aliphatic carbocycles. The smallest absolute Gasteiger partial charge is 0.246 e. The van der Waals surface area contributed by atoms with Crippen LogP contribution in [0, 0.1) is 0 Å². The molecule has 1 aromatic carbocycles. The number of hydrogen-bond acceptors (Lipinski definition) is 3. The first-order valence-electron chi connectivity index (χ1n) is 6.72. The topological polar surface area (TPSA) is 66.1 Å². The van der Waals surface area contributed by atoms with Crippen LogP contribution in [-0.4, -0.2) is 35.5 Å². The van der Waals surface area contributed by atoms with Crippen LogP contribution in [0.15, 0.2) is 47.6 Å². The Morgan fingerprint density at radius 2 is 2.10 bits per heavy atom. The zero-order valence-corrected chi connectivity index (χ0v) is 11.9. The number of benzene rings is 1. The molecular weight excluding hydrogens is 274 g/mol. The molecule has 0 amide bonds. The first-order chi connectivity index (χ1) is 9.68. The highest BCUT2D eigenvalue weighted by Gasteiger charge is 2.35. The third-order valence-corrected chi connectivity index (χ3v) is 5.63. The van der Waals surface area contributed by atoms with E-state index in [1.807, 2.05) is 30.3 Å². The van der Waals surface area contributed by atoms with Gasteiger partial charge in [0, 0.05) is 18.8 Å². The van der Waals surface area contributed by atoms with Crippen molar-refractivity contribution in [3.05, 3.63) is 48.3 Å². The quantitative estimate of drug-likeness (QED) is 0.934. The second kappa shape index (κ2) is 5.38. The Morgan fingerprint density at radius 1 is 1.30 bits per heavy atom.